The molecule has 0 aliphatic heterocycles. The molecule has 3 aliphatic carbocycles. The minimum Gasteiger partial charge on any atom is -0.508 e. The van der Waals surface area contributed by atoms with Gasteiger partial charge in [0.25, 0.3) is 5.91 Å². The Morgan fingerprint density at radius 3 is 2.42 bits per heavy atom. The van der Waals surface area contributed by atoms with Crippen molar-refractivity contribution >= 4 is 23.2 Å². The fourth-order valence-electron chi connectivity index (χ4n) is 6.53. The van der Waals surface area contributed by atoms with Crippen LogP contribution in [0.4, 0.5) is 0 Å². The number of Topliss-reactive ketones (excluding diaryl/α,β-unsaturated/α-hetero) is 2. The molecule has 40 heavy (non-hydrogen) atoms. The molecule has 1 fully saturated rings. The Kier molecular flexibility index (Phi) is 6.33. The standard InChI is InChI=1S/C28H29N3O9/c1-10(2)17-15-8-11-7-13-12(14-9-30-27(40-4)31-26(14)39-3)5-6-16(32)19(13)22(34)18(11)23(35)28(15,38)24(36)20(21(17)33)25(29)37/h5-6,9-11,15,17,32,34,36,38H,7-8H2,1-4H3,(H2,29,37)/t11-,15-,17-,28-/m0/s1. The highest BCUT2D eigenvalue weighted by Gasteiger charge is 2.64. The molecule has 0 radical (unpaired) electrons. The van der Waals surface area contributed by atoms with Crippen molar-refractivity contribution < 1.29 is 44.3 Å². The van der Waals surface area contributed by atoms with Gasteiger partial charge in [0.1, 0.15) is 22.8 Å². The number of aliphatic hydroxyl groups excluding tert-OH is 2. The molecule has 4 atom stereocenters. The van der Waals surface area contributed by atoms with Gasteiger partial charge in [0.2, 0.25) is 11.7 Å². The van der Waals surface area contributed by atoms with E-state index in [4.69, 9.17) is 15.2 Å². The van der Waals surface area contributed by atoms with Crippen LogP contribution in [-0.4, -0.2) is 67.7 Å². The number of fused-ring (bicyclic) bond motifs is 3. The molecule has 0 spiro atoms. The summed E-state index contributed by atoms with van der Waals surface area (Å²) in [5, 5.41) is 44.9. The van der Waals surface area contributed by atoms with Crippen LogP contribution >= 0.6 is 0 Å². The first-order valence-electron chi connectivity index (χ1n) is 12.7. The maximum Gasteiger partial charge on any atom is 0.319 e. The van der Waals surface area contributed by atoms with Gasteiger partial charge in [0.05, 0.1) is 25.3 Å². The van der Waals surface area contributed by atoms with E-state index in [-0.39, 0.29) is 41.6 Å². The van der Waals surface area contributed by atoms with Crippen molar-refractivity contribution in [1.29, 1.82) is 0 Å². The summed E-state index contributed by atoms with van der Waals surface area (Å²) in [6, 6.07) is 3.01. The number of phenols is 1. The first-order valence-corrected chi connectivity index (χ1v) is 12.7. The summed E-state index contributed by atoms with van der Waals surface area (Å²) in [5.74, 6) is -8.13. The van der Waals surface area contributed by atoms with Crippen molar-refractivity contribution in [2.75, 3.05) is 14.2 Å². The van der Waals surface area contributed by atoms with Crippen LogP contribution in [0.25, 0.3) is 16.9 Å². The largest absolute Gasteiger partial charge is 0.508 e. The Bertz CT molecular complexity index is 1540. The predicted molar refractivity (Wildman–Crippen MR) is 139 cm³/mol. The van der Waals surface area contributed by atoms with Crippen LogP contribution in [0.2, 0.25) is 0 Å². The second-order valence-corrected chi connectivity index (χ2v) is 10.6. The summed E-state index contributed by atoms with van der Waals surface area (Å²) in [4.78, 5) is 47.7. The van der Waals surface area contributed by atoms with Crippen LogP contribution in [0.1, 0.15) is 31.4 Å². The number of benzene rings is 1. The number of aromatic nitrogens is 2. The number of methoxy groups -OCH3 is 2. The van der Waals surface area contributed by atoms with Gasteiger partial charge in [0, 0.05) is 23.6 Å². The van der Waals surface area contributed by atoms with Crippen molar-refractivity contribution in [3.8, 4) is 28.8 Å². The van der Waals surface area contributed by atoms with Gasteiger partial charge in [-0.1, -0.05) is 19.9 Å². The summed E-state index contributed by atoms with van der Waals surface area (Å²) in [6.45, 7) is 3.42. The quantitative estimate of drug-likeness (QED) is 0.339. The first-order chi connectivity index (χ1) is 18.9. The number of ether oxygens (including phenoxy) is 2. The number of primary amides is 1. The molecule has 1 aromatic carbocycles. The molecule has 5 rings (SSSR count). The molecule has 1 aromatic heterocycles. The second-order valence-electron chi connectivity index (χ2n) is 10.6. The van der Waals surface area contributed by atoms with E-state index in [0.29, 0.717) is 16.7 Å². The van der Waals surface area contributed by atoms with Crippen molar-refractivity contribution in [3.05, 3.63) is 46.4 Å². The zero-order valence-electron chi connectivity index (χ0n) is 22.3. The number of carbonyl (C=O) groups is 3. The van der Waals surface area contributed by atoms with Crippen LogP contribution in [0.5, 0.6) is 17.6 Å². The second kappa shape index (κ2) is 9.33. The van der Waals surface area contributed by atoms with Gasteiger partial charge in [-0.05, 0) is 41.9 Å². The molecule has 1 heterocycles. The van der Waals surface area contributed by atoms with Gasteiger partial charge >= 0.3 is 6.01 Å². The van der Waals surface area contributed by atoms with Gasteiger partial charge < -0.3 is 35.6 Å². The number of rotatable bonds is 5. The Hall–Kier alpha value is -4.45. The summed E-state index contributed by atoms with van der Waals surface area (Å²) >= 11 is 0. The summed E-state index contributed by atoms with van der Waals surface area (Å²) < 4.78 is 10.5. The molecule has 6 N–H and O–H groups in total. The number of hydrogen-bond donors (Lipinski definition) is 5. The summed E-state index contributed by atoms with van der Waals surface area (Å²) in [7, 11) is 2.82. The minimum absolute atomic E-state index is 0.0110. The minimum atomic E-state index is -2.66. The van der Waals surface area contributed by atoms with E-state index in [9.17, 15) is 34.8 Å². The van der Waals surface area contributed by atoms with Crippen molar-refractivity contribution in [3.63, 3.8) is 0 Å². The van der Waals surface area contributed by atoms with E-state index < -0.39 is 63.8 Å². The van der Waals surface area contributed by atoms with Crippen LogP contribution in [0.3, 0.4) is 0 Å². The van der Waals surface area contributed by atoms with Crippen molar-refractivity contribution in [1.82, 2.24) is 9.97 Å². The topological polar surface area (TPSA) is 202 Å². The molecule has 0 unspecified atom stereocenters. The normalized spacial score (nSPS) is 25.9. The number of aliphatic hydroxyl groups is 3. The lowest BCUT2D eigenvalue weighted by Crippen LogP contribution is -2.62. The third kappa shape index (κ3) is 3.59. The van der Waals surface area contributed by atoms with E-state index in [1.54, 1.807) is 19.9 Å². The predicted octanol–water partition coefficient (Wildman–Crippen LogP) is 1.78. The number of carbonyl (C=O) groups excluding carboxylic acids is 3. The molecule has 3 aliphatic rings. The fourth-order valence-corrected chi connectivity index (χ4v) is 6.53. The van der Waals surface area contributed by atoms with Crippen LogP contribution < -0.4 is 15.2 Å². The molecule has 0 saturated heterocycles. The number of aromatic hydroxyl groups is 1. The van der Waals surface area contributed by atoms with Gasteiger partial charge in [-0.15, -0.1) is 0 Å². The van der Waals surface area contributed by atoms with Gasteiger partial charge in [-0.3, -0.25) is 14.4 Å². The molecular formula is C28H29N3O9. The van der Waals surface area contributed by atoms with Crippen LogP contribution in [0.15, 0.2) is 35.2 Å². The van der Waals surface area contributed by atoms with Gasteiger partial charge in [-0.25, -0.2) is 4.98 Å². The number of ketones is 2. The fraction of sp³-hybridized carbons (Fsp3) is 0.393. The number of hydrogen-bond acceptors (Lipinski definition) is 11. The Labute approximate surface area is 228 Å². The smallest absolute Gasteiger partial charge is 0.319 e. The van der Waals surface area contributed by atoms with E-state index in [0.717, 1.165) is 0 Å². The van der Waals surface area contributed by atoms with Crippen molar-refractivity contribution in [2.45, 2.75) is 32.3 Å². The summed E-state index contributed by atoms with van der Waals surface area (Å²) in [6.07, 6.45) is 1.61. The highest BCUT2D eigenvalue weighted by molar-refractivity contribution is 6.23. The lowest BCUT2D eigenvalue weighted by Gasteiger charge is -2.50. The zero-order chi connectivity index (χ0) is 29.3. The Balaban J connectivity index is 1.74. The molecule has 1 amide bonds. The number of nitrogens with two attached hydrogens (primary N) is 1. The Morgan fingerprint density at radius 1 is 1.12 bits per heavy atom. The highest BCUT2D eigenvalue weighted by Crippen LogP contribution is 2.55. The third-order valence-corrected chi connectivity index (χ3v) is 8.25. The van der Waals surface area contributed by atoms with Crippen LogP contribution in [-0.2, 0) is 20.8 Å². The average Bonchev–Trinajstić information content (AvgIpc) is 2.90. The molecule has 12 nitrogen and oxygen atoms in total. The average molecular weight is 552 g/mol. The monoisotopic (exact) mass is 551 g/mol. The molecule has 12 heteroatoms. The third-order valence-electron chi connectivity index (χ3n) is 8.25. The molecule has 1 saturated carbocycles. The first kappa shape index (κ1) is 27.1. The summed E-state index contributed by atoms with van der Waals surface area (Å²) in [5.41, 5.74) is 3.06. The maximum atomic E-state index is 14.0. The number of phenolic OH excluding ortho intramolecular Hbond substituents is 1. The van der Waals surface area contributed by atoms with E-state index in [2.05, 4.69) is 9.97 Å². The molecule has 2 aromatic rings. The SMILES string of the molecule is COc1ncc(-c2ccc(O)c3c2C[C@H]2C[C@H]4[C@H](C(C)C)C(=O)C(C(N)=O)=C(O)[C@@]4(O)C(=O)C2=C3O)c(OC)n1. The maximum absolute atomic E-state index is 14.0. The zero-order valence-corrected chi connectivity index (χ0v) is 22.3. The van der Waals surface area contributed by atoms with E-state index in [1.165, 1.54) is 26.5 Å². The molecule has 210 valence electrons. The molecular weight excluding hydrogens is 522 g/mol. The van der Waals surface area contributed by atoms with E-state index >= 15 is 0 Å². The number of nitrogens with zero attached hydrogens (tertiary/aromatic N) is 2. The van der Waals surface area contributed by atoms with E-state index in [1.807, 2.05) is 0 Å². The molecule has 0 bridgehead atoms. The lowest BCUT2D eigenvalue weighted by molar-refractivity contribution is -0.155. The van der Waals surface area contributed by atoms with Crippen molar-refractivity contribution in [2.24, 2.45) is 29.4 Å². The van der Waals surface area contributed by atoms with Crippen LogP contribution in [0, 0.1) is 23.7 Å². The highest BCUT2D eigenvalue weighted by atomic mass is 16.5. The lowest BCUT2D eigenvalue weighted by atomic mass is 9.54. The Morgan fingerprint density at radius 2 is 1.82 bits per heavy atom. The van der Waals surface area contributed by atoms with Gasteiger partial charge in [-0.2, -0.15) is 4.98 Å². The number of amides is 1. The van der Waals surface area contributed by atoms with Gasteiger partial charge in [0.15, 0.2) is 11.4 Å².